The summed E-state index contributed by atoms with van der Waals surface area (Å²) in [5.41, 5.74) is 1.52. The second-order valence-corrected chi connectivity index (χ2v) is 10.4. The van der Waals surface area contributed by atoms with E-state index in [-0.39, 0.29) is 30.3 Å². The molecule has 2 amide bonds. The summed E-state index contributed by atoms with van der Waals surface area (Å²) in [6.45, 7) is 0.0644. The van der Waals surface area contributed by atoms with Crippen molar-refractivity contribution in [2.75, 3.05) is 19.0 Å². The number of rotatable bonds is 8. The first-order chi connectivity index (χ1) is 17.7. The number of methoxy groups -OCH3 is 1. The smallest absolute Gasteiger partial charge is 0.335 e. The van der Waals surface area contributed by atoms with Gasteiger partial charge in [0.2, 0.25) is 5.91 Å². The molecule has 0 spiro atoms. The van der Waals surface area contributed by atoms with Crippen LogP contribution in [0.25, 0.3) is 17.2 Å². The van der Waals surface area contributed by atoms with E-state index in [2.05, 4.69) is 5.32 Å². The number of ether oxygens (including phenoxy) is 1. The molecule has 2 heterocycles. The number of aromatic carboxylic acids is 1. The number of halogens is 2. The number of benzene rings is 2. The van der Waals surface area contributed by atoms with Crippen molar-refractivity contribution in [1.82, 2.24) is 4.90 Å². The first kappa shape index (κ1) is 26.5. The fourth-order valence-corrected chi connectivity index (χ4v) is 5.75. The van der Waals surface area contributed by atoms with Crippen molar-refractivity contribution in [2.45, 2.75) is 6.42 Å². The van der Waals surface area contributed by atoms with Crippen LogP contribution in [0.15, 0.2) is 53.4 Å². The topological polar surface area (TPSA) is 95.9 Å². The van der Waals surface area contributed by atoms with Gasteiger partial charge in [-0.25, -0.2) is 13.6 Å². The van der Waals surface area contributed by atoms with Crippen LogP contribution in [0.4, 0.5) is 14.5 Å². The number of nitrogens with zero attached hydrogens (tertiary/aromatic N) is 1. The van der Waals surface area contributed by atoms with Crippen molar-refractivity contribution in [3.8, 4) is 16.2 Å². The van der Waals surface area contributed by atoms with Crippen LogP contribution in [0.5, 0.6) is 5.06 Å². The van der Waals surface area contributed by atoms with Gasteiger partial charge in [-0.2, -0.15) is 0 Å². The maximum atomic E-state index is 13.7. The third-order valence-electron chi connectivity index (χ3n) is 5.26. The number of thiocarbonyl (C=S) groups is 1. The normalized spacial score (nSPS) is 14.4. The Bertz CT molecular complexity index is 1440. The van der Waals surface area contributed by atoms with E-state index >= 15 is 0 Å². The van der Waals surface area contributed by atoms with Crippen molar-refractivity contribution in [1.29, 1.82) is 0 Å². The Balaban J connectivity index is 1.43. The highest BCUT2D eigenvalue weighted by Crippen LogP contribution is 2.41. The van der Waals surface area contributed by atoms with Gasteiger partial charge in [0.25, 0.3) is 5.91 Å². The van der Waals surface area contributed by atoms with E-state index in [1.54, 1.807) is 12.1 Å². The lowest BCUT2D eigenvalue weighted by Crippen LogP contribution is -2.31. The summed E-state index contributed by atoms with van der Waals surface area (Å²) in [6.07, 6.45) is 1.62. The molecule has 0 radical (unpaired) electrons. The molecule has 7 nitrogen and oxygen atoms in total. The highest BCUT2D eigenvalue weighted by molar-refractivity contribution is 8.26. The second-order valence-electron chi connectivity index (χ2n) is 7.70. The number of amides is 2. The number of carbonyl (C=O) groups is 3. The predicted molar refractivity (Wildman–Crippen MR) is 143 cm³/mol. The Morgan fingerprint density at radius 1 is 1.14 bits per heavy atom. The van der Waals surface area contributed by atoms with E-state index in [0.717, 1.165) is 23.9 Å². The van der Waals surface area contributed by atoms with Gasteiger partial charge in [0.15, 0.2) is 16.7 Å². The van der Waals surface area contributed by atoms with Crippen LogP contribution >= 0.6 is 35.3 Å². The molecule has 0 bridgehead atoms. The number of carbonyl (C=O) groups excluding carboxylic acids is 2. The number of thiophene rings is 1. The number of hydrogen-bond donors (Lipinski definition) is 2. The Kier molecular flexibility index (Phi) is 8.00. The van der Waals surface area contributed by atoms with Gasteiger partial charge in [-0.05, 0) is 54.1 Å². The van der Waals surface area contributed by atoms with E-state index in [1.165, 1.54) is 53.7 Å². The summed E-state index contributed by atoms with van der Waals surface area (Å²) in [4.78, 5) is 38.6. The largest absolute Gasteiger partial charge is 0.487 e. The molecule has 1 fully saturated rings. The fraction of sp³-hybridized carbons (Fsp3) is 0.120. The standard InChI is InChI=1S/C25H18F2N2O5S3/c1-34-24-17(14-4-7-18(26)19(27)10-14)11-16(36-24)12-20-22(31)29(25(35)37-20)9-8-21(30)28-15-5-2-13(3-6-15)23(32)33/h2-7,10-12H,8-9H2,1H3,(H,28,30)(H,32,33)/b20-12-. The summed E-state index contributed by atoms with van der Waals surface area (Å²) in [5, 5.41) is 12.1. The number of nitrogens with one attached hydrogen (secondary N) is 1. The molecule has 1 aliphatic heterocycles. The van der Waals surface area contributed by atoms with Gasteiger partial charge in [-0.15, -0.1) is 0 Å². The van der Waals surface area contributed by atoms with Crippen LogP contribution in [-0.4, -0.2) is 45.8 Å². The SMILES string of the molecule is COc1sc(/C=C2\SC(=S)N(CCC(=O)Nc3ccc(C(=O)O)cc3)C2=O)cc1-c1ccc(F)c(F)c1. The van der Waals surface area contributed by atoms with Crippen LogP contribution in [0.2, 0.25) is 0 Å². The van der Waals surface area contributed by atoms with Crippen molar-refractivity contribution in [3.05, 3.63) is 75.5 Å². The molecule has 0 unspecified atom stereocenters. The van der Waals surface area contributed by atoms with Gasteiger partial charge < -0.3 is 15.2 Å². The molecule has 2 aromatic carbocycles. The molecule has 4 rings (SSSR count). The Morgan fingerprint density at radius 3 is 2.51 bits per heavy atom. The van der Waals surface area contributed by atoms with Crippen LogP contribution in [-0.2, 0) is 9.59 Å². The van der Waals surface area contributed by atoms with Crippen molar-refractivity contribution in [2.24, 2.45) is 0 Å². The predicted octanol–water partition coefficient (Wildman–Crippen LogP) is 5.63. The molecule has 0 aliphatic carbocycles. The van der Waals surface area contributed by atoms with Crippen molar-refractivity contribution >= 4 is 69.2 Å². The Hall–Kier alpha value is -3.61. The fourth-order valence-electron chi connectivity index (χ4n) is 3.44. The summed E-state index contributed by atoms with van der Waals surface area (Å²) < 4.78 is 32.8. The average molecular weight is 561 g/mol. The molecular weight excluding hydrogens is 542 g/mol. The highest BCUT2D eigenvalue weighted by atomic mass is 32.2. The maximum absolute atomic E-state index is 13.7. The molecule has 1 aromatic heterocycles. The minimum absolute atomic E-state index is 0.0203. The van der Waals surface area contributed by atoms with Gasteiger partial charge in [0.1, 0.15) is 4.32 Å². The quantitative estimate of drug-likeness (QED) is 0.272. The molecule has 190 valence electrons. The van der Waals surface area contributed by atoms with Gasteiger partial charge in [-0.3, -0.25) is 14.5 Å². The molecule has 0 atom stereocenters. The molecule has 3 aromatic rings. The van der Waals surface area contributed by atoms with Crippen LogP contribution in [0.3, 0.4) is 0 Å². The monoisotopic (exact) mass is 560 g/mol. The average Bonchev–Trinajstić information content (AvgIpc) is 3.39. The van der Waals surface area contributed by atoms with E-state index in [9.17, 15) is 23.2 Å². The van der Waals surface area contributed by atoms with Crippen LogP contribution in [0, 0.1) is 11.6 Å². The first-order valence-electron chi connectivity index (χ1n) is 10.7. The van der Waals surface area contributed by atoms with Gasteiger partial charge in [-0.1, -0.05) is 41.4 Å². The van der Waals surface area contributed by atoms with Gasteiger partial charge in [0.05, 0.1) is 17.6 Å². The first-order valence-corrected chi connectivity index (χ1v) is 12.7. The lowest BCUT2D eigenvalue weighted by molar-refractivity contribution is -0.122. The van der Waals surface area contributed by atoms with Crippen LogP contribution < -0.4 is 10.1 Å². The Labute approximate surface area is 223 Å². The lowest BCUT2D eigenvalue weighted by Gasteiger charge is -2.14. The zero-order chi connectivity index (χ0) is 26.7. The minimum Gasteiger partial charge on any atom is -0.487 e. The molecule has 1 aliphatic rings. The summed E-state index contributed by atoms with van der Waals surface area (Å²) in [6, 6.07) is 11.0. The summed E-state index contributed by atoms with van der Waals surface area (Å²) in [7, 11) is 1.46. The summed E-state index contributed by atoms with van der Waals surface area (Å²) in [5.74, 6) is -3.71. The Morgan fingerprint density at radius 2 is 1.86 bits per heavy atom. The number of anilines is 1. The molecule has 12 heteroatoms. The van der Waals surface area contributed by atoms with Gasteiger partial charge >= 0.3 is 5.97 Å². The highest BCUT2D eigenvalue weighted by Gasteiger charge is 2.32. The van der Waals surface area contributed by atoms with E-state index < -0.39 is 17.6 Å². The maximum Gasteiger partial charge on any atom is 0.335 e. The molecule has 2 N–H and O–H groups in total. The summed E-state index contributed by atoms with van der Waals surface area (Å²) >= 11 is 7.66. The number of hydrogen-bond acceptors (Lipinski definition) is 7. The zero-order valence-electron chi connectivity index (χ0n) is 19.1. The van der Waals surface area contributed by atoms with Gasteiger partial charge in [0, 0.05) is 29.1 Å². The molecular formula is C25H18F2N2O5S3. The molecule has 37 heavy (non-hydrogen) atoms. The van der Waals surface area contributed by atoms with Crippen LogP contribution in [0.1, 0.15) is 21.7 Å². The third kappa shape index (κ3) is 6.04. The van der Waals surface area contributed by atoms with E-state index in [0.29, 0.717) is 36.0 Å². The van der Waals surface area contributed by atoms with Crippen molar-refractivity contribution < 1.29 is 33.0 Å². The van der Waals surface area contributed by atoms with E-state index in [4.69, 9.17) is 22.1 Å². The second kappa shape index (κ2) is 11.2. The lowest BCUT2D eigenvalue weighted by atomic mass is 10.1. The third-order valence-corrected chi connectivity index (χ3v) is 7.68. The van der Waals surface area contributed by atoms with E-state index in [1.807, 2.05) is 0 Å². The zero-order valence-corrected chi connectivity index (χ0v) is 21.6. The molecule has 1 saturated heterocycles. The number of thioether (sulfide) groups is 1. The number of carboxylic acid groups (broad SMARTS) is 1. The minimum atomic E-state index is -1.07. The molecule has 0 saturated carbocycles. The number of carboxylic acids is 1. The van der Waals surface area contributed by atoms with Crippen molar-refractivity contribution in [3.63, 3.8) is 0 Å².